The minimum absolute atomic E-state index is 0.128. The lowest BCUT2D eigenvalue weighted by Gasteiger charge is -2.09. The summed E-state index contributed by atoms with van der Waals surface area (Å²) in [6.45, 7) is 2.08. The van der Waals surface area contributed by atoms with Gasteiger partial charge in [-0.2, -0.15) is 0 Å². The van der Waals surface area contributed by atoms with Crippen LogP contribution in [0, 0.1) is 5.21 Å². The molecule has 5 heteroatoms. The van der Waals surface area contributed by atoms with E-state index < -0.39 is 0 Å². The Bertz CT molecular complexity index is 369. The van der Waals surface area contributed by atoms with Crippen LogP contribution in [0.1, 0.15) is 32.6 Å². The van der Waals surface area contributed by atoms with E-state index in [0.717, 1.165) is 19.3 Å². The summed E-state index contributed by atoms with van der Waals surface area (Å²) in [6, 6.07) is 4.81. The van der Waals surface area contributed by atoms with Crippen LogP contribution in [0.15, 0.2) is 23.2 Å². The number of hydrogen-bond acceptors (Lipinski definition) is 3. The van der Waals surface area contributed by atoms with Gasteiger partial charge in [0.15, 0.2) is 5.03 Å². The minimum Gasteiger partial charge on any atom is -0.710 e. The monoisotopic (exact) mass is 240 g/mol. The number of aromatic nitrogens is 1. The average Bonchev–Trinajstić information content (AvgIpc) is 2.25. The van der Waals surface area contributed by atoms with E-state index in [2.05, 4.69) is 24.9 Å². The van der Waals surface area contributed by atoms with Crippen LogP contribution in [0.5, 0.6) is 0 Å². The average molecular weight is 240 g/mol. The van der Waals surface area contributed by atoms with Crippen LogP contribution < -0.4 is 10.0 Å². The lowest BCUT2D eigenvalue weighted by Crippen LogP contribution is -2.34. The van der Waals surface area contributed by atoms with Crippen molar-refractivity contribution in [2.24, 2.45) is 0 Å². The van der Waals surface area contributed by atoms with Gasteiger partial charge in [0.05, 0.1) is 0 Å². The van der Waals surface area contributed by atoms with Gasteiger partial charge in [0, 0.05) is 12.5 Å². The third-order valence-corrected chi connectivity index (χ3v) is 2.53. The summed E-state index contributed by atoms with van der Waals surface area (Å²) in [5.74, 6) is 0.103. The first-order chi connectivity index (χ1) is 7.65. The highest BCUT2D eigenvalue weighted by Crippen LogP contribution is 2.06. The second-order valence-electron chi connectivity index (χ2n) is 3.57. The maximum atomic E-state index is 11.5. The lowest BCUT2D eigenvalue weighted by atomic mass is 10.2. The van der Waals surface area contributed by atoms with Crippen molar-refractivity contribution in [3.63, 3.8) is 0 Å². The van der Waals surface area contributed by atoms with E-state index in [4.69, 9.17) is 0 Å². The van der Waals surface area contributed by atoms with Gasteiger partial charge in [-0.1, -0.05) is 19.8 Å². The zero-order valence-electron chi connectivity index (χ0n) is 9.27. The summed E-state index contributed by atoms with van der Waals surface area (Å²) < 4.78 is 0.598. The Balaban J connectivity index is 2.53. The molecule has 4 nitrogen and oxygen atoms in total. The molecular formula is C11H16N2O2S. The number of thiol groups is 1. The third kappa shape index (κ3) is 3.73. The maximum absolute atomic E-state index is 11.5. The van der Waals surface area contributed by atoms with Crippen molar-refractivity contribution in [1.82, 2.24) is 0 Å². The predicted octanol–water partition coefficient (Wildman–Crippen LogP) is 2.13. The normalized spacial score (nSPS) is 10.1. The highest BCUT2D eigenvalue weighted by Gasteiger charge is 2.11. The molecule has 0 atom stereocenters. The Hall–Kier alpha value is -1.23. The highest BCUT2D eigenvalue weighted by molar-refractivity contribution is 7.80. The molecule has 0 aliphatic rings. The molecule has 1 N–H and O–H groups in total. The van der Waals surface area contributed by atoms with Gasteiger partial charge in [-0.25, -0.2) is 14.8 Å². The van der Waals surface area contributed by atoms with Crippen LogP contribution in [-0.2, 0) is 4.79 Å². The molecule has 0 saturated carbocycles. The Labute approximate surface area is 101 Å². The molecule has 0 aliphatic carbocycles. The Morgan fingerprint density at radius 2 is 2.25 bits per heavy atom. The van der Waals surface area contributed by atoms with Crippen molar-refractivity contribution < 1.29 is 9.52 Å². The number of unbranched alkanes of at least 4 members (excludes halogenated alkanes) is 2. The molecular weight excluding hydrogens is 224 g/mol. The zero-order valence-corrected chi connectivity index (χ0v) is 10.2. The van der Waals surface area contributed by atoms with Crippen LogP contribution in [0.3, 0.4) is 0 Å². The number of anilines is 1. The fourth-order valence-corrected chi connectivity index (χ4v) is 1.51. The van der Waals surface area contributed by atoms with E-state index in [-0.39, 0.29) is 16.8 Å². The van der Waals surface area contributed by atoms with Crippen molar-refractivity contribution in [3.8, 4) is 0 Å². The second kappa shape index (κ2) is 6.37. The van der Waals surface area contributed by atoms with Gasteiger partial charge < -0.3 is 5.21 Å². The van der Waals surface area contributed by atoms with Crippen LogP contribution in [0.4, 0.5) is 5.82 Å². The summed E-state index contributed by atoms with van der Waals surface area (Å²) in [4.78, 5) is 11.5. The molecule has 0 aromatic carbocycles. The molecule has 1 rings (SSSR count). The lowest BCUT2D eigenvalue weighted by molar-refractivity contribution is -0.630. The van der Waals surface area contributed by atoms with E-state index in [1.807, 2.05) is 0 Å². The summed E-state index contributed by atoms with van der Waals surface area (Å²) in [7, 11) is 0. The quantitative estimate of drug-likeness (QED) is 0.358. The van der Waals surface area contributed by atoms with E-state index in [9.17, 15) is 10.0 Å². The first kappa shape index (κ1) is 12.8. The zero-order chi connectivity index (χ0) is 12.0. The van der Waals surface area contributed by atoms with E-state index in [1.165, 1.54) is 0 Å². The number of carbonyl (C=O) groups is 1. The highest BCUT2D eigenvalue weighted by atomic mass is 32.1. The predicted molar refractivity (Wildman–Crippen MR) is 65.4 cm³/mol. The van der Waals surface area contributed by atoms with Gasteiger partial charge in [-0.3, -0.25) is 0 Å². The van der Waals surface area contributed by atoms with Crippen molar-refractivity contribution in [3.05, 3.63) is 23.4 Å². The molecule has 1 amide bonds. The Morgan fingerprint density at radius 1 is 1.50 bits per heavy atom. The van der Waals surface area contributed by atoms with Crippen LogP contribution in [-0.4, -0.2) is 5.91 Å². The second-order valence-corrected chi connectivity index (χ2v) is 4.03. The summed E-state index contributed by atoms with van der Waals surface area (Å²) in [6.07, 6.45) is 3.39. The number of nitrogens with zero attached hydrogens (tertiary/aromatic N) is 1. The van der Waals surface area contributed by atoms with Crippen molar-refractivity contribution in [2.75, 3.05) is 5.32 Å². The Kier molecular flexibility index (Phi) is 5.11. The number of pyridine rings is 1. The van der Waals surface area contributed by atoms with Gasteiger partial charge >= 0.3 is 5.91 Å². The molecule has 0 radical (unpaired) electrons. The largest absolute Gasteiger partial charge is 0.710 e. The number of rotatable bonds is 5. The smallest absolute Gasteiger partial charge is 0.307 e. The fourth-order valence-electron chi connectivity index (χ4n) is 1.32. The molecule has 0 saturated heterocycles. The van der Waals surface area contributed by atoms with Gasteiger partial charge in [0.1, 0.15) is 0 Å². The molecule has 0 unspecified atom stereocenters. The van der Waals surface area contributed by atoms with Crippen molar-refractivity contribution in [1.29, 1.82) is 0 Å². The topological polar surface area (TPSA) is 56.0 Å². The molecule has 0 fully saturated rings. The molecule has 1 aromatic rings. The van der Waals surface area contributed by atoms with Gasteiger partial charge in [0.2, 0.25) is 0 Å². The summed E-state index contributed by atoms with van der Waals surface area (Å²) in [5.41, 5.74) is 0. The van der Waals surface area contributed by atoms with E-state index in [1.54, 1.807) is 18.2 Å². The summed E-state index contributed by atoms with van der Waals surface area (Å²) in [5, 5.41) is 14.3. The standard InChI is InChI=1S/C11H16N2O2S/c1-2-3-4-7-10(14)12-9-6-5-8-11(16)13(9)15/h5-6,8,16H,2-4,7H2,1H3,(H,12,14). The van der Waals surface area contributed by atoms with Crippen LogP contribution in [0.2, 0.25) is 0 Å². The van der Waals surface area contributed by atoms with Gasteiger partial charge in [-0.05, 0) is 18.6 Å². The maximum Gasteiger partial charge on any atom is 0.307 e. The first-order valence-electron chi connectivity index (χ1n) is 5.36. The van der Waals surface area contributed by atoms with Crippen LogP contribution in [0.25, 0.3) is 0 Å². The SMILES string of the molecule is CCCCCC(=O)Nc1cccc(S)[n+]1[O-]. The fraction of sp³-hybridized carbons (Fsp3) is 0.455. The molecule has 0 spiro atoms. The number of amides is 1. The molecule has 0 bridgehead atoms. The first-order valence-corrected chi connectivity index (χ1v) is 5.81. The van der Waals surface area contributed by atoms with Gasteiger partial charge in [0.25, 0.3) is 5.82 Å². The van der Waals surface area contributed by atoms with Gasteiger partial charge in [-0.15, -0.1) is 12.6 Å². The number of carbonyl (C=O) groups excluding carboxylic acids is 1. The Morgan fingerprint density at radius 3 is 2.94 bits per heavy atom. The third-order valence-electron chi connectivity index (χ3n) is 2.20. The summed E-state index contributed by atoms with van der Waals surface area (Å²) >= 11 is 3.97. The van der Waals surface area contributed by atoms with Crippen molar-refractivity contribution >= 4 is 24.4 Å². The van der Waals surface area contributed by atoms with Crippen molar-refractivity contribution in [2.45, 2.75) is 37.6 Å². The molecule has 88 valence electrons. The molecule has 16 heavy (non-hydrogen) atoms. The molecule has 1 aromatic heterocycles. The van der Waals surface area contributed by atoms with E-state index in [0.29, 0.717) is 11.2 Å². The van der Waals surface area contributed by atoms with Crippen LogP contribution >= 0.6 is 12.6 Å². The minimum atomic E-state index is -0.128. The van der Waals surface area contributed by atoms with E-state index >= 15 is 0 Å². The molecule has 1 heterocycles. The molecule has 0 aliphatic heterocycles. The number of nitrogens with one attached hydrogen (secondary N) is 1. The number of hydrogen-bond donors (Lipinski definition) is 2.